The number of rotatable bonds is 2. The average molecular weight is 229 g/mol. The van der Waals surface area contributed by atoms with E-state index in [1.807, 2.05) is 6.92 Å². The van der Waals surface area contributed by atoms with Crippen LogP contribution >= 0.6 is 11.6 Å². The highest BCUT2D eigenvalue weighted by Crippen LogP contribution is 2.26. The second-order valence-electron chi connectivity index (χ2n) is 4.79. The number of aryl methyl sites for hydroxylation is 1. The van der Waals surface area contributed by atoms with Crippen LogP contribution in [0.25, 0.3) is 0 Å². The first kappa shape index (κ1) is 12.2. The van der Waals surface area contributed by atoms with Crippen molar-refractivity contribution in [1.29, 1.82) is 0 Å². The fraction of sp³-hybridized carbons (Fsp3) is 0.636. The summed E-state index contributed by atoms with van der Waals surface area (Å²) in [7, 11) is 1.57. The number of hydrogen-bond acceptors (Lipinski definition) is 3. The maximum Gasteiger partial charge on any atom is 0.177 e. The summed E-state index contributed by atoms with van der Waals surface area (Å²) in [6, 6.07) is 0. The van der Waals surface area contributed by atoms with Gasteiger partial charge in [-0.15, -0.1) is 0 Å². The van der Waals surface area contributed by atoms with E-state index >= 15 is 0 Å². The summed E-state index contributed by atoms with van der Waals surface area (Å²) >= 11 is 5.99. The fourth-order valence-corrected chi connectivity index (χ4v) is 1.68. The molecule has 0 atom stereocenters. The van der Waals surface area contributed by atoms with E-state index in [0.29, 0.717) is 10.9 Å². The molecule has 0 amide bonds. The highest BCUT2D eigenvalue weighted by Gasteiger charge is 2.16. The summed E-state index contributed by atoms with van der Waals surface area (Å²) in [6.07, 6.45) is 0.803. The van der Waals surface area contributed by atoms with Gasteiger partial charge in [0.15, 0.2) is 10.9 Å². The zero-order valence-corrected chi connectivity index (χ0v) is 10.6. The SMILES string of the molecule is COc1c(C)nc(CC(C)(C)C)nc1Cl. The van der Waals surface area contributed by atoms with Crippen molar-refractivity contribution in [3.05, 3.63) is 16.7 Å². The summed E-state index contributed by atoms with van der Waals surface area (Å²) in [5, 5.41) is 0.393. The molecule has 84 valence electrons. The molecule has 0 spiro atoms. The van der Waals surface area contributed by atoms with E-state index in [0.717, 1.165) is 17.9 Å². The molecule has 0 bridgehead atoms. The molecule has 0 aromatic carbocycles. The summed E-state index contributed by atoms with van der Waals surface area (Å²) in [6.45, 7) is 8.30. The quantitative estimate of drug-likeness (QED) is 0.730. The van der Waals surface area contributed by atoms with Crippen molar-refractivity contribution < 1.29 is 4.74 Å². The van der Waals surface area contributed by atoms with Gasteiger partial charge >= 0.3 is 0 Å². The molecule has 0 aliphatic rings. The molecule has 0 N–H and O–H groups in total. The number of hydrogen-bond donors (Lipinski definition) is 0. The van der Waals surface area contributed by atoms with E-state index in [2.05, 4.69) is 30.7 Å². The Morgan fingerprint density at radius 2 is 1.87 bits per heavy atom. The molecule has 15 heavy (non-hydrogen) atoms. The van der Waals surface area contributed by atoms with Crippen LogP contribution in [0.3, 0.4) is 0 Å². The molecular weight excluding hydrogens is 212 g/mol. The first-order valence-electron chi connectivity index (χ1n) is 4.90. The molecule has 0 unspecified atom stereocenters. The van der Waals surface area contributed by atoms with Crippen LogP contribution in [-0.2, 0) is 6.42 Å². The number of ether oxygens (including phenoxy) is 1. The lowest BCUT2D eigenvalue weighted by Gasteiger charge is -2.17. The Labute approximate surface area is 95.8 Å². The Kier molecular flexibility index (Phi) is 3.55. The number of methoxy groups -OCH3 is 1. The van der Waals surface area contributed by atoms with Gasteiger partial charge in [0.05, 0.1) is 12.8 Å². The smallest absolute Gasteiger partial charge is 0.177 e. The molecule has 0 aliphatic heterocycles. The molecule has 0 radical (unpaired) electrons. The van der Waals surface area contributed by atoms with Gasteiger partial charge in [-0.25, -0.2) is 9.97 Å². The molecule has 0 aliphatic carbocycles. The molecule has 1 rings (SSSR count). The Morgan fingerprint density at radius 1 is 1.27 bits per heavy atom. The van der Waals surface area contributed by atoms with Gasteiger partial charge in [-0.2, -0.15) is 0 Å². The predicted molar refractivity (Wildman–Crippen MR) is 61.5 cm³/mol. The van der Waals surface area contributed by atoms with E-state index in [1.54, 1.807) is 7.11 Å². The lowest BCUT2D eigenvalue weighted by Crippen LogP contribution is -2.13. The van der Waals surface area contributed by atoms with Crippen molar-refractivity contribution in [2.24, 2.45) is 5.41 Å². The van der Waals surface area contributed by atoms with Crippen molar-refractivity contribution in [1.82, 2.24) is 9.97 Å². The van der Waals surface area contributed by atoms with Crippen molar-refractivity contribution in [3.63, 3.8) is 0 Å². The Balaban J connectivity index is 3.04. The highest BCUT2D eigenvalue weighted by molar-refractivity contribution is 6.30. The van der Waals surface area contributed by atoms with E-state index in [9.17, 15) is 0 Å². The first-order chi connectivity index (χ1) is 6.83. The van der Waals surface area contributed by atoms with Crippen LogP contribution in [0, 0.1) is 12.3 Å². The second-order valence-corrected chi connectivity index (χ2v) is 5.14. The minimum absolute atomic E-state index is 0.157. The summed E-state index contributed by atoms with van der Waals surface area (Å²) < 4.78 is 5.10. The van der Waals surface area contributed by atoms with Crippen molar-refractivity contribution in [2.75, 3.05) is 7.11 Å². The average Bonchev–Trinajstić information content (AvgIpc) is 1.99. The monoisotopic (exact) mass is 228 g/mol. The zero-order chi connectivity index (χ0) is 11.6. The molecule has 1 aromatic rings. The third kappa shape index (κ3) is 3.34. The topological polar surface area (TPSA) is 35.0 Å². The van der Waals surface area contributed by atoms with Crippen LogP contribution in [0.15, 0.2) is 0 Å². The van der Waals surface area contributed by atoms with Gasteiger partial charge in [0.2, 0.25) is 0 Å². The van der Waals surface area contributed by atoms with Crippen LogP contribution in [0.2, 0.25) is 5.15 Å². The molecule has 0 saturated heterocycles. The van der Waals surface area contributed by atoms with Gasteiger partial charge < -0.3 is 4.74 Å². The van der Waals surface area contributed by atoms with Crippen LogP contribution in [0.1, 0.15) is 32.3 Å². The van der Waals surface area contributed by atoms with E-state index in [1.165, 1.54) is 0 Å². The lowest BCUT2D eigenvalue weighted by atomic mass is 9.92. The molecule has 3 nitrogen and oxygen atoms in total. The van der Waals surface area contributed by atoms with E-state index in [-0.39, 0.29) is 5.41 Å². The van der Waals surface area contributed by atoms with Crippen molar-refractivity contribution in [2.45, 2.75) is 34.1 Å². The minimum atomic E-state index is 0.157. The van der Waals surface area contributed by atoms with Gasteiger partial charge in [-0.3, -0.25) is 0 Å². The largest absolute Gasteiger partial charge is 0.492 e. The Morgan fingerprint density at radius 3 is 2.27 bits per heavy atom. The molecule has 4 heteroatoms. The molecule has 1 heterocycles. The summed E-state index contributed by atoms with van der Waals surface area (Å²) in [5.74, 6) is 1.33. The predicted octanol–water partition coefficient (Wildman–Crippen LogP) is 3.04. The van der Waals surface area contributed by atoms with Gasteiger partial charge in [-0.1, -0.05) is 32.4 Å². The van der Waals surface area contributed by atoms with Crippen LogP contribution < -0.4 is 4.74 Å². The van der Waals surface area contributed by atoms with Crippen LogP contribution in [-0.4, -0.2) is 17.1 Å². The summed E-state index contributed by atoms with van der Waals surface area (Å²) in [5.41, 5.74) is 0.946. The van der Waals surface area contributed by atoms with Crippen molar-refractivity contribution in [3.8, 4) is 5.75 Å². The number of halogens is 1. The third-order valence-electron chi connectivity index (χ3n) is 1.93. The Hall–Kier alpha value is -0.830. The first-order valence-corrected chi connectivity index (χ1v) is 5.28. The van der Waals surface area contributed by atoms with Gasteiger partial charge in [0.1, 0.15) is 5.82 Å². The van der Waals surface area contributed by atoms with Gasteiger partial charge in [0, 0.05) is 6.42 Å². The maximum atomic E-state index is 5.99. The molecular formula is C11H17ClN2O. The van der Waals surface area contributed by atoms with Gasteiger partial charge in [0.25, 0.3) is 0 Å². The third-order valence-corrected chi connectivity index (χ3v) is 2.19. The second kappa shape index (κ2) is 4.35. The summed E-state index contributed by atoms with van der Waals surface area (Å²) in [4.78, 5) is 8.59. The zero-order valence-electron chi connectivity index (χ0n) is 9.89. The van der Waals surface area contributed by atoms with Crippen molar-refractivity contribution >= 4 is 11.6 Å². The number of aromatic nitrogens is 2. The fourth-order valence-electron chi connectivity index (χ4n) is 1.37. The van der Waals surface area contributed by atoms with Crippen LogP contribution in [0.4, 0.5) is 0 Å². The minimum Gasteiger partial charge on any atom is -0.492 e. The molecule has 1 aromatic heterocycles. The van der Waals surface area contributed by atoms with Crippen LogP contribution in [0.5, 0.6) is 5.75 Å². The van der Waals surface area contributed by atoms with E-state index < -0.39 is 0 Å². The van der Waals surface area contributed by atoms with E-state index in [4.69, 9.17) is 16.3 Å². The van der Waals surface area contributed by atoms with Gasteiger partial charge in [-0.05, 0) is 12.3 Å². The highest BCUT2D eigenvalue weighted by atomic mass is 35.5. The standard InChI is InChI=1S/C11H17ClN2O/c1-7-9(15-5)10(12)14-8(13-7)6-11(2,3)4/h6H2,1-5H3. The number of nitrogens with zero attached hydrogens (tertiary/aromatic N) is 2. The maximum absolute atomic E-state index is 5.99. The molecule has 0 saturated carbocycles. The molecule has 0 fully saturated rings. The Bertz CT molecular complexity index is 335. The lowest BCUT2D eigenvalue weighted by molar-refractivity contribution is 0.390. The normalized spacial score (nSPS) is 11.6.